The molecule has 2 atom stereocenters. The number of nitrogens with zero attached hydrogens (tertiary/aromatic N) is 5. The molecule has 12 nitrogen and oxygen atoms in total. The van der Waals surface area contributed by atoms with E-state index >= 15 is 0 Å². The number of urea groups is 1. The van der Waals surface area contributed by atoms with Crippen LogP contribution < -0.4 is 10.1 Å². The summed E-state index contributed by atoms with van der Waals surface area (Å²) in [6.07, 6.45) is 0. The van der Waals surface area contributed by atoms with E-state index in [0.29, 0.717) is 47.5 Å². The Bertz CT molecular complexity index is 1860. The second-order valence-electron chi connectivity index (χ2n) is 13.3. The monoisotopic (exact) mass is 758 g/mol. The lowest BCUT2D eigenvalue weighted by Gasteiger charge is -2.39. The molecule has 2 aliphatic rings. The summed E-state index contributed by atoms with van der Waals surface area (Å²) in [6, 6.07) is 17.4. The van der Waals surface area contributed by atoms with Crippen molar-refractivity contribution in [3.63, 3.8) is 0 Å². The van der Waals surface area contributed by atoms with Crippen LogP contribution in [0.15, 0.2) is 76.6 Å². The molecule has 3 aromatic carbocycles. The average Bonchev–Trinajstić information content (AvgIpc) is 3.48. The molecule has 0 unspecified atom stereocenters. The molecule has 5 rings (SSSR count). The van der Waals surface area contributed by atoms with Crippen LogP contribution in [-0.4, -0.2) is 104 Å². The van der Waals surface area contributed by atoms with E-state index in [1.54, 1.807) is 40.1 Å². The topological polar surface area (TPSA) is 124 Å². The van der Waals surface area contributed by atoms with Crippen LogP contribution in [0.4, 0.5) is 4.79 Å². The summed E-state index contributed by atoms with van der Waals surface area (Å²) in [5.74, 6) is 0.518. The van der Waals surface area contributed by atoms with Gasteiger partial charge >= 0.3 is 6.03 Å². The Kier molecular flexibility index (Phi) is 12.0. The van der Waals surface area contributed by atoms with Crippen LogP contribution in [0, 0.1) is 0 Å². The number of nitrogens with one attached hydrogen (secondary N) is 1. The van der Waals surface area contributed by atoms with Gasteiger partial charge in [-0.25, -0.2) is 13.2 Å². The highest BCUT2D eigenvalue weighted by Gasteiger charge is 2.45. The average molecular weight is 760 g/mol. The second kappa shape index (κ2) is 15.9. The van der Waals surface area contributed by atoms with Gasteiger partial charge in [0.1, 0.15) is 17.6 Å². The fourth-order valence-corrected chi connectivity index (χ4v) is 7.39. The summed E-state index contributed by atoms with van der Waals surface area (Å²) in [5, 5.41) is 4.07. The zero-order valence-corrected chi connectivity index (χ0v) is 31.9. The molecule has 15 heteroatoms. The van der Waals surface area contributed by atoms with E-state index in [4.69, 9.17) is 37.8 Å². The van der Waals surface area contributed by atoms with Gasteiger partial charge in [0.2, 0.25) is 5.91 Å². The molecule has 2 heterocycles. The van der Waals surface area contributed by atoms with E-state index in [-0.39, 0.29) is 41.4 Å². The molecule has 0 saturated carbocycles. The van der Waals surface area contributed by atoms with Crippen LogP contribution in [-0.2, 0) is 19.7 Å². The fraction of sp³-hybridized carbons (Fsp3) is 0.417. The lowest BCUT2D eigenvalue weighted by atomic mass is 9.93. The van der Waals surface area contributed by atoms with Gasteiger partial charge in [0.15, 0.2) is 0 Å². The molecular formula is C36H44Cl2N6O6S. The van der Waals surface area contributed by atoms with Gasteiger partial charge in [-0.05, 0) is 81.3 Å². The molecular weight excluding hydrogens is 715 g/mol. The largest absolute Gasteiger partial charge is 0.493 e. The first kappa shape index (κ1) is 38.5. The Balaban J connectivity index is 1.61. The SMILES string of the molecule is CCOc1ccc(S(=O)(=O)N(C)OC)cc1C1=N[C@@H](c2ccc(Cl)cc2)[C@@H](c2ccc(Cl)cc2)N1C(=O)N1CCN(CC(=O)NC(C)(C)C)CC1. The number of carbonyl (C=O) groups excluding carboxylic acids is 2. The molecule has 274 valence electrons. The highest BCUT2D eigenvalue weighted by molar-refractivity contribution is 7.89. The molecule has 0 radical (unpaired) electrons. The lowest BCUT2D eigenvalue weighted by Crippen LogP contribution is -2.56. The van der Waals surface area contributed by atoms with Crippen LogP contribution in [0.2, 0.25) is 10.0 Å². The Morgan fingerprint density at radius 2 is 1.53 bits per heavy atom. The van der Waals surface area contributed by atoms with Gasteiger partial charge in [-0.3, -0.25) is 24.4 Å². The Morgan fingerprint density at radius 1 is 0.941 bits per heavy atom. The zero-order valence-electron chi connectivity index (χ0n) is 29.6. The molecule has 1 saturated heterocycles. The molecule has 0 bridgehead atoms. The number of hydrogen-bond acceptors (Lipinski definition) is 8. The summed E-state index contributed by atoms with van der Waals surface area (Å²) >= 11 is 12.6. The Hall–Kier alpha value is -3.72. The fourth-order valence-electron chi connectivity index (χ4n) is 6.14. The highest BCUT2D eigenvalue weighted by Crippen LogP contribution is 2.46. The molecule has 51 heavy (non-hydrogen) atoms. The van der Waals surface area contributed by atoms with Crippen LogP contribution in [0.25, 0.3) is 0 Å². The van der Waals surface area contributed by atoms with Crippen molar-refractivity contribution >= 4 is 51.0 Å². The molecule has 0 aromatic heterocycles. The van der Waals surface area contributed by atoms with Crippen LogP contribution in [0.5, 0.6) is 5.75 Å². The maximum Gasteiger partial charge on any atom is 0.326 e. The number of rotatable bonds is 10. The van der Waals surface area contributed by atoms with E-state index < -0.39 is 22.1 Å². The molecule has 0 aliphatic carbocycles. The summed E-state index contributed by atoms with van der Waals surface area (Å²) in [7, 11) is -1.52. The van der Waals surface area contributed by atoms with Crippen LogP contribution in [0.1, 0.15) is 56.5 Å². The van der Waals surface area contributed by atoms with Gasteiger partial charge in [-0.2, -0.15) is 0 Å². The van der Waals surface area contributed by atoms with Gasteiger partial charge in [0.25, 0.3) is 10.0 Å². The number of aliphatic imine (C=N–C) groups is 1. The Labute approximate surface area is 309 Å². The molecule has 0 spiro atoms. The summed E-state index contributed by atoms with van der Waals surface area (Å²) in [4.78, 5) is 43.1. The minimum absolute atomic E-state index is 0.0689. The zero-order chi connectivity index (χ0) is 37.1. The maximum atomic E-state index is 14.9. The number of halogens is 2. The van der Waals surface area contributed by atoms with Gasteiger partial charge in [-0.15, -0.1) is 0 Å². The normalized spacial score (nSPS) is 18.6. The van der Waals surface area contributed by atoms with Crippen molar-refractivity contribution in [2.24, 2.45) is 4.99 Å². The number of amidine groups is 1. The molecule has 1 N–H and O–H groups in total. The van der Waals surface area contributed by atoms with E-state index in [0.717, 1.165) is 15.6 Å². The van der Waals surface area contributed by atoms with Crippen molar-refractivity contribution in [3.05, 3.63) is 93.5 Å². The summed E-state index contributed by atoms with van der Waals surface area (Å²) in [6.45, 7) is 9.80. The van der Waals surface area contributed by atoms with Crippen LogP contribution >= 0.6 is 23.2 Å². The van der Waals surface area contributed by atoms with Gasteiger partial charge < -0.3 is 15.0 Å². The van der Waals surface area contributed by atoms with Crippen molar-refractivity contribution in [2.45, 2.75) is 50.2 Å². The third-order valence-corrected chi connectivity index (χ3v) is 10.8. The van der Waals surface area contributed by atoms with Gasteiger partial charge in [0, 0.05) is 48.8 Å². The van der Waals surface area contributed by atoms with Crippen molar-refractivity contribution in [1.82, 2.24) is 24.5 Å². The standard InChI is InChI=1S/C36H44Cl2N6O6S/c1-7-50-30-17-16-28(51(47,48)41(5)49-6)22-29(30)34-39-32(24-8-12-26(37)13-9-24)33(25-10-14-27(38)15-11-25)44(34)35(46)43-20-18-42(19-21-43)23-31(45)40-36(2,3)4/h8-17,22,32-33H,7,18-21,23H2,1-6H3,(H,40,45)/t32-,33+/m0/s1. The minimum atomic E-state index is -4.08. The lowest BCUT2D eigenvalue weighted by molar-refractivity contribution is -0.124. The predicted molar refractivity (Wildman–Crippen MR) is 198 cm³/mol. The van der Waals surface area contributed by atoms with Crippen molar-refractivity contribution < 1.29 is 27.6 Å². The molecule has 3 aromatic rings. The smallest absolute Gasteiger partial charge is 0.326 e. The third-order valence-electron chi connectivity index (χ3n) is 8.61. The van der Waals surface area contributed by atoms with E-state index in [2.05, 4.69) is 5.32 Å². The number of benzene rings is 3. The highest BCUT2D eigenvalue weighted by atomic mass is 35.5. The van der Waals surface area contributed by atoms with Crippen molar-refractivity contribution in [3.8, 4) is 5.75 Å². The number of piperazine rings is 1. The quantitative estimate of drug-likeness (QED) is 0.261. The van der Waals surface area contributed by atoms with E-state index in [9.17, 15) is 18.0 Å². The van der Waals surface area contributed by atoms with Crippen LogP contribution in [0.3, 0.4) is 0 Å². The summed E-state index contributed by atoms with van der Waals surface area (Å²) < 4.78 is 33.7. The number of hydroxylamine groups is 1. The first-order valence-corrected chi connectivity index (χ1v) is 18.8. The second-order valence-corrected chi connectivity index (χ2v) is 16.2. The molecule has 3 amide bonds. The van der Waals surface area contributed by atoms with Crippen molar-refractivity contribution in [1.29, 1.82) is 0 Å². The predicted octanol–water partition coefficient (Wildman–Crippen LogP) is 5.77. The third kappa shape index (κ3) is 8.85. The summed E-state index contributed by atoms with van der Waals surface area (Å²) in [5.41, 5.74) is 1.53. The number of hydrogen-bond donors (Lipinski definition) is 1. The number of sulfonamides is 1. The maximum absolute atomic E-state index is 14.9. The minimum Gasteiger partial charge on any atom is -0.493 e. The van der Waals surface area contributed by atoms with Gasteiger partial charge in [0.05, 0.1) is 36.8 Å². The van der Waals surface area contributed by atoms with E-state index in [1.807, 2.05) is 56.9 Å². The first-order chi connectivity index (χ1) is 24.1. The van der Waals surface area contributed by atoms with Gasteiger partial charge in [-0.1, -0.05) is 51.9 Å². The number of ether oxygens (including phenoxy) is 1. The number of carbonyl (C=O) groups is 2. The van der Waals surface area contributed by atoms with E-state index in [1.165, 1.54) is 26.3 Å². The molecule has 1 fully saturated rings. The van der Waals surface area contributed by atoms with Crippen molar-refractivity contribution in [2.75, 3.05) is 53.5 Å². The molecule has 2 aliphatic heterocycles. The first-order valence-electron chi connectivity index (χ1n) is 16.6. The Morgan fingerprint density at radius 3 is 2.08 bits per heavy atom. The number of amides is 3.